The maximum Gasteiger partial charge on any atom is 0.257 e. The monoisotopic (exact) mass is 287 g/mol. The fourth-order valence-corrected chi connectivity index (χ4v) is 2.04. The predicted octanol–water partition coefficient (Wildman–Crippen LogP) is 1.30. The minimum Gasteiger partial charge on any atom is -0.469 e. The SMILES string of the molecule is Cc1cc(C(=O)N(CC(N)=O)Cc2cccc(N)c2)co1. The van der Waals surface area contributed by atoms with E-state index in [1.54, 1.807) is 31.2 Å². The van der Waals surface area contributed by atoms with Gasteiger partial charge in [0.15, 0.2) is 0 Å². The minimum absolute atomic E-state index is 0.169. The highest BCUT2D eigenvalue weighted by Crippen LogP contribution is 2.14. The molecule has 0 aliphatic rings. The van der Waals surface area contributed by atoms with Gasteiger partial charge in [-0.15, -0.1) is 0 Å². The topological polar surface area (TPSA) is 103 Å². The number of anilines is 1. The highest BCUT2D eigenvalue weighted by atomic mass is 16.3. The molecule has 2 amide bonds. The van der Waals surface area contributed by atoms with Crippen LogP contribution in [0.5, 0.6) is 0 Å². The van der Waals surface area contributed by atoms with Gasteiger partial charge in [-0.25, -0.2) is 0 Å². The highest BCUT2D eigenvalue weighted by Gasteiger charge is 2.19. The highest BCUT2D eigenvalue weighted by molar-refractivity contribution is 5.96. The number of amides is 2. The first-order chi connectivity index (χ1) is 9.95. The first-order valence-electron chi connectivity index (χ1n) is 6.43. The third kappa shape index (κ3) is 3.85. The molecular weight excluding hydrogens is 270 g/mol. The van der Waals surface area contributed by atoms with Gasteiger partial charge in [0.25, 0.3) is 5.91 Å². The number of nitrogens with two attached hydrogens (primary N) is 2. The zero-order valence-electron chi connectivity index (χ0n) is 11.7. The molecule has 6 heteroatoms. The lowest BCUT2D eigenvalue weighted by atomic mass is 10.1. The Morgan fingerprint density at radius 3 is 2.62 bits per heavy atom. The standard InChI is InChI=1S/C15H17N3O3/c1-10-5-12(9-21-10)15(20)18(8-14(17)19)7-11-3-2-4-13(16)6-11/h2-6,9H,7-8,16H2,1H3,(H2,17,19). The van der Waals surface area contributed by atoms with Crippen molar-refractivity contribution in [1.82, 2.24) is 4.90 Å². The van der Waals surface area contributed by atoms with Crippen LogP contribution in [0.2, 0.25) is 0 Å². The Kier molecular flexibility index (Phi) is 4.27. The summed E-state index contributed by atoms with van der Waals surface area (Å²) in [6.45, 7) is 1.82. The summed E-state index contributed by atoms with van der Waals surface area (Å²) in [4.78, 5) is 25.0. The summed E-state index contributed by atoms with van der Waals surface area (Å²) in [5.74, 6) is -0.262. The van der Waals surface area contributed by atoms with Crippen molar-refractivity contribution in [2.24, 2.45) is 5.73 Å². The Labute approximate surface area is 122 Å². The van der Waals surface area contributed by atoms with E-state index in [0.29, 0.717) is 17.0 Å². The number of hydrogen-bond donors (Lipinski definition) is 2. The van der Waals surface area contributed by atoms with Gasteiger partial charge in [-0.2, -0.15) is 0 Å². The van der Waals surface area contributed by atoms with Gasteiger partial charge < -0.3 is 20.8 Å². The Balaban J connectivity index is 2.21. The van der Waals surface area contributed by atoms with E-state index in [4.69, 9.17) is 15.9 Å². The van der Waals surface area contributed by atoms with E-state index in [0.717, 1.165) is 5.56 Å². The van der Waals surface area contributed by atoms with Crippen LogP contribution in [0.1, 0.15) is 21.7 Å². The molecule has 0 radical (unpaired) electrons. The molecular formula is C15H17N3O3. The van der Waals surface area contributed by atoms with Crippen LogP contribution in [0.25, 0.3) is 0 Å². The van der Waals surface area contributed by atoms with Crippen LogP contribution < -0.4 is 11.5 Å². The van der Waals surface area contributed by atoms with Crippen LogP contribution in [-0.4, -0.2) is 23.3 Å². The first kappa shape index (κ1) is 14.6. The van der Waals surface area contributed by atoms with Gasteiger partial charge in [0.2, 0.25) is 5.91 Å². The van der Waals surface area contributed by atoms with Gasteiger partial charge in [0.1, 0.15) is 12.0 Å². The maximum atomic E-state index is 12.4. The first-order valence-corrected chi connectivity index (χ1v) is 6.43. The van der Waals surface area contributed by atoms with Crippen molar-refractivity contribution < 1.29 is 14.0 Å². The van der Waals surface area contributed by atoms with Gasteiger partial charge in [0.05, 0.1) is 12.1 Å². The third-order valence-corrected chi connectivity index (χ3v) is 2.94. The van der Waals surface area contributed by atoms with E-state index in [9.17, 15) is 9.59 Å². The van der Waals surface area contributed by atoms with Gasteiger partial charge in [-0.3, -0.25) is 9.59 Å². The molecule has 1 aromatic carbocycles. The molecule has 0 aliphatic heterocycles. The number of hydrogen-bond acceptors (Lipinski definition) is 4. The fraction of sp³-hybridized carbons (Fsp3) is 0.200. The summed E-state index contributed by atoms with van der Waals surface area (Å²) in [5.41, 5.74) is 12.7. The number of primary amides is 1. The normalized spacial score (nSPS) is 10.3. The lowest BCUT2D eigenvalue weighted by Crippen LogP contribution is -2.37. The Hall–Kier alpha value is -2.76. The quantitative estimate of drug-likeness (QED) is 0.809. The molecule has 4 N–H and O–H groups in total. The second kappa shape index (κ2) is 6.13. The number of rotatable bonds is 5. The lowest BCUT2D eigenvalue weighted by Gasteiger charge is -2.20. The van der Waals surface area contributed by atoms with E-state index in [1.165, 1.54) is 11.2 Å². The molecule has 0 atom stereocenters. The zero-order valence-corrected chi connectivity index (χ0v) is 11.7. The number of benzene rings is 1. The summed E-state index contributed by atoms with van der Waals surface area (Å²) in [7, 11) is 0. The Bertz CT molecular complexity index is 664. The molecule has 0 aliphatic carbocycles. The maximum absolute atomic E-state index is 12.4. The molecule has 0 fully saturated rings. The smallest absolute Gasteiger partial charge is 0.257 e. The van der Waals surface area contributed by atoms with Crippen LogP contribution in [0.4, 0.5) is 5.69 Å². The van der Waals surface area contributed by atoms with Crippen molar-refractivity contribution in [2.75, 3.05) is 12.3 Å². The van der Waals surface area contributed by atoms with E-state index >= 15 is 0 Å². The van der Waals surface area contributed by atoms with Gasteiger partial charge in [-0.05, 0) is 30.7 Å². The van der Waals surface area contributed by atoms with Crippen LogP contribution in [0.15, 0.2) is 41.0 Å². The third-order valence-electron chi connectivity index (χ3n) is 2.94. The Morgan fingerprint density at radius 2 is 2.05 bits per heavy atom. The van der Waals surface area contributed by atoms with Gasteiger partial charge >= 0.3 is 0 Å². The average Bonchev–Trinajstić information content (AvgIpc) is 2.83. The molecule has 0 unspecified atom stereocenters. The number of nitrogens with zero attached hydrogens (tertiary/aromatic N) is 1. The minimum atomic E-state index is -0.576. The molecule has 0 spiro atoms. The van der Waals surface area contributed by atoms with Crippen LogP contribution >= 0.6 is 0 Å². The van der Waals surface area contributed by atoms with Crippen LogP contribution in [-0.2, 0) is 11.3 Å². The molecule has 6 nitrogen and oxygen atoms in total. The summed E-state index contributed by atoms with van der Waals surface area (Å²) >= 11 is 0. The molecule has 21 heavy (non-hydrogen) atoms. The summed E-state index contributed by atoms with van der Waals surface area (Å²) in [6, 6.07) is 8.75. The number of nitrogen functional groups attached to an aromatic ring is 1. The molecule has 1 heterocycles. The summed E-state index contributed by atoms with van der Waals surface area (Å²) in [6.07, 6.45) is 1.37. The second-order valence-electron chi connectivity index (χ2n) is 4.82. The van der Waals surface area contributed by atoms with Crippen LogP contribution in [0, 0.1) is 6.92 Å². The molecule has 2 aromatic rings. The van der Waals surface area contributed by atoms with Crippen molar-refractivity contribution in [1.29, 1.82) is 0 Å². The summed E-state index contributed by atoms with van der Waals surface area (Å²) in [5, 5.41) is 0. The van der Waals surface area contributed by atoms with E-state index in [1.807, 2.05) is 6.07 Å². The van der Waals surface area contributed by atoms with E-state index < -0.39 is 5.91 Å². The van der Waals surface area contributed by atoms with Crippen molar-refractivity contribution in [3.05, 3.63) is 53.5 Å². The van der Waals surface area contributed by atoms with Crippen LogP contribution in [0.3, 0.4) is 0 Å². The molecule has 1 aromatic heterocycles. The van der Waals surface area contributed by atoms with E-state index in [2.05, 4.69) is 0 Å². The largest absolute Gasteiger partial charge is 0.469 e. The molecule has 110 valence electrons. The van der Waals surface area contributed by atoms with Crippen molar-refractivity contribution in [3.63, 3.8) is 0 Å². The summed E-state index contributed by atoms with van der Waals surface area (Å²) < 4.78 is 5.13. The Morgan fingerprint density at radius 1 is 1.29 bits per heavy atom. The van der Waals surface area contributed by atoms with Crippen molar-refractivity contribution in [3.8, 4) is 0 Å². The number of carbonyl (C=O) groups excluding carboxylic acids is 2. The molecule has 0 saturated heterocycles. The average molecular weight is 287 g/mol. The van der Waals surface area contributed by atoms with Gasteiger partial charge in [-0.1, -0.05) is 12.1 Å². The predicted molar refractivity (Wildman–Crippen MR) is 78.2 cm³/mol. The van der Waals surface area contributed by atoms with Crippen molar-refractivity contribution in [2.45, 2.75) is 13.5 Å². The van der Waals surface area contributed by atoms with Gasteiger partial charge in [0, 0.05) is 12.2 Å². The second-order valence-corrected chi connectivity index (χ2v) is 4.82. The lowest BCUT2D eigenvalue weighted by molar-refractivity contribution is -0.118. The molecule has 2 rings (SSSR count). The fourth-order valence-electron chi connectivity index (χ4n) is 2.04. The molecule has 0 bridgehead atoms. The number of carbonyl (C=O) groups is 2. The van der Waals surface area contributed by atoms with Crippen molar-refractivity contribution >= 4 is 17.5 Å². The zero-order chi connectivity index (χ0) is 15.4. The van der Waals surface area contributed by atoms with E-state index in [-0.39, 0.29) is 19.0 Å². The number of furan rings is 1. The molecule has 0 saturated carbocycles. The number of aryl methyl sites for hydroxylation is 1.